The van der Waals surface area contributed by atoms with Crippen molar-refractivity contribution in [3.8, 4) is 0 Å². The van der Waals surface area contributed by atoms with Gasteiger partial charge in [-0.25, -0.2) is 0 Å². The van der Waals surface area contributed by atoms with Crippen molar-refractivity contribution < 1.29 is 0 Å². The lowest BCUT2D eigenvalue weighted by Gasteiger charge is -2.18. The molecule has 0 aliphatic heterocycles. The molecule has 1 aromatic carbocycles. The molecule has 1 aromatic rings. The summed E-state index contributed by atoms with van der Waals surface area (Å²) in [5.74, 6) is 0.713. The third kappa shape index (κ3) is 4.87. The second-order valence-electron chi connectivity index (χ2n) is 4.70. The fraction of sp³-hybridized carbons (Fsp3) is 0.571. The molecule has 17 heavy (non-hydrogen) atoms. The summed E-state index contributed by atoms with van der Waals surface area (Å²) in [5.41, 5.74) is 1.18. The van der Waals surface area contributed by atoms with Crippen molar-refractivity contribution in [2.45, 2.75) is 39.7 Å². The van der Waals surface area contributed by atoms with Crippen LogP contribution in [-0.4, -0.2) is 6.54 Å². The Kier molecular flexibility index (Phi) is 6.32. The van der Waals surface area contributed by atoms with E-state index in [0.717, 1.165) is 6.54 Å². The van der Waals surface area contributed by atoms with E-state index in [0.29, 0.717) is 22.0 Å². The summed E-state index contributed by atoms with van der Waals surface area (Å²) in [6, 6.07) is 6.12. The third-order valence-corrected chi connectivity index (χ3v) is 3.74. The van der Waals surface area contributed by atoms with E-state index in [4.69, 9.17) is 23.2 Å². The minimum absolute atomic E-state index is 0.309. The molecule has 0 fully saturated rings. The van der Waals surface area contributed by atoms with E-state index in [1.165, 1.54) is 18.4 Å². The van der Waals surface area contributed by atoms with E-state index < -0.39 is 0 Å². The Labute approximate surface area is 115 Å². The summed E-state index contributed by atoms with van der Waals surface area (Å²) in [5, 5.41) is 4.77. The molecule has 0 heterocycles. The van der Waals surface area contributed by atoms with Crippen LogP contribution in [0.2, 0.25) is 10.0 Å². The summed E-state index contributed by atoms with van der Waals surface area (Å²) in [4.78, 5) is 0. The van der Waals surface area contributed by atoms with Crippen molar-refractivity contribution in [2.75, 3.05) is 6.54 Å². The number of benzene rings is 1. The predicted molar refractivity (Wildman–Crippen MR) is 77.0 cm³/mol. The second-order valence-corrected chi connectivity index (χ2v) is 5.51. The van der Waals surface area contributed by atoms with Gasteiger partial charge in [0.15, 0.2) is 0 Å². The first-order chi connectivity index (χ1) is 8.04. The largest absolute Gasteiger partial charge is 0.310 e. The monoisotopic (exact) mass is 273 g/mol. The van der Waals surface area contributed by atoms with Gasteiger partial charge >= 0.3 is 0 Å². The van der Waals surface area contributed by atoms with Gasteiger partial charge in [0.2, 0.25) is 0 Å². The molecular formula is C14H21Cl2N. The standard InChI is InChI=1S/C14H21Cl2N/c1-4-5-10(2)9-17-11(3)12-6-7-13(15)14(16)8-12/h6-8,10-11,17H,4-5,9H2,1-3H3. The zero-order valence-corrected chi connectivity index (χ0v) is 12.3. The molecule has 0 saturated heterocycles. The maximum Gasteiger partial charge on any atom is 0.0595 e. The number of hydrogen-bond donors (Lipinski definition) is 1. The average molecular weight is 274 g/mol. The molecule has 96 valence electrons. The van der Waals surface area contributed by atoms with Gasteiger partial charge in [0.05, 0.1) is 10.0 Å². The van der Waals surface area contributed by atoms with Gasteiger partial charge in [-0.05, 0) is 43.5 Å². The molecule has 0 aliphatic carbocycles. The maximum atomic E-state index is 6.01. The predicted octanol–water partition coefficient (Wildman–Crippen LogP) is 5.08. The first-order valence-corrected chi connectivity index (χ1v) is 6.98. The van der Waals surface area contributed by atoms with E-state index in [1.54, 1.807) is 0 Å². The van der Waals surface area contributed by atoms with Crippen molar-refractivity contribution >= 4 is 23.2 Å². The summed E-state index contributed by atoms with van der Waals surface area (Å²) in [7, 11) is 0. The Morgan fingerprint density at radius 2 is 1.88 bits per heavy atom. The van der Waals surface area contributed by atoms with Crippen molar-refractivity contribution in [3.05, 3.63) is 33.8 Å². The van der Waals surface area contributed by atoms with Crippen LogP contribution >= 0.6 is 23.2 Å². The van der Waals surface area contributed by atoms with Crippen LogP contribution in [0.1, 0.15) is 45.2 Å². The van der Waals surface area contributed by atoms with Crippen LogP contribution < -0.4 is 5.32 Å². The Morgan fingerprint density at radius 1 is 1.18 bits per heavy atom. The highest BCUT2D eigenvalue weighted by molar-refractivity contribution is 6.42. The molecule has 2 unspecified atom stereocenters. The SMILES string of the molecule is CCCC(C)CNC(C)c1ccc(Cl)c(Cl)c1. The van der Waals surface area contributed by atoms with Gasteiger partial charge in [-0.3, -0.25) is 0 Å². The van der Waals surface area contributed by atoms with E-state index in [-0.39, 0.29) is 0 Å². The molecule has 0 aliphatic rings. The molecule has 0 aromatic heterocycles. The molecule has 0 amide bonds. The van der Waals surface area contributed by atoms with Crippen LogP contribution in [-0.2, 0) is 0 Å². The van der Waals surface area contributed by atoms with Crippen molar-refractivity contribution in [2.24, 2.45) is 5.92 Å². The van der Waals surface area contributed by atoms with Crippen LogP contribution in [0.3, 0.4) is 0 Å². The molecule has 1 nitrogen and oxygen atoms in total. The molecule has 0 radical (unpaired) electrons. The van der Waals surface area contributed by atoms with E-state index >= 15 is 0 Å². The van der Waals surface area contributed by atoms with Gasteiger partial charge in [-0.15, -0.1) is 0 Å². The lowest BCUT2D eigenvalue weighted by Crippen LogP contribution is -2.24. The average Bonchev–Trinajstić information content (AvgIpc) is 2.30. The van der Waals surface area contributed by atoms with Gasteiger partial charge in [0, 0.05) is 6.04 Å². The molecule has 0 saturated carbocycles. The molecule has 0 spiro atoms. The molecule has 0 bridgehead atoms. The van der Waals surface area contributed by atoms with Crippen LogP contribution in [0.25, 0.3) is 0 Å². The normalized spacial score (nSPS) is 14.6. The molecule has 2 atom stereocenters. The first-order valence-electron chi connectivity index (χ1n) is 6.23. The molecule has 3 heteroatoms. The van der Waals surface area contributed by atoms with E-state index in [1.807, 2.05) is 18.2 Å². The fourth-order valence-electron chi connectivity index (χ4n) is 1.87. The summed E-state index contributed by atoms with van der Waals surface area (Å²) >= 11 is 11.9. The lowest BCUT2D eigenvalue weighted by molar-refractivity contribution is 0.444. The van der Waals surface area contributed by atoms with Crippen molar-refractivity contribution in [1.29, 1.82) is 0 Å². The zero-order valence-electron chi connectivity index (χ0n) is 10.8. The zero-order chi connectivity index (χ0) is 12.8. The highest BCUT2D eigenvalue weighted by Gasteiger charge is 2.08. The summed E-state index contributed by atoms with van der Waals surface area (Å²) in [6.45, 7) is 7.68. The van der Waals surface area contributed by atoms with Gasteiger partial charge < -0.3 is 5.32 Å². The second kappa shape index (κ2) is 7.25. The minimum atomic E-state index is 0.309. The Balaban J connectivity index is 2.52. The number of nitrogens with one attached hydrogen (secondary N) is 1. The quantitative estimate of drug-likeness (QED) is 0.762. The van der Waals surface area contributed by atoms with Gasteiger partial charge in [-0.2, -0.15) is 0 Å². The van der Waals surface area contributed by atoms with Crippen molar-refractivity contribution in [3.63, 3.8) is 0 Å². The number of hydrogen-bond acceptors (Lipinski definition) is 1. The smallest absolute Gasteiger partial charge is 0.0595 e. The minimum Gasteiger partial charge on any atom is -0.310 e. The summed E-state index contributed by atoms with van der Waals surface area (Å²) in [6.07, 6.45) is 2.51. The van der Waals surface area contributed by atoms with Crippen molar-refractivity contribution in [1.82, 2.24) is 5.32 Å². The maximum absolute atomic E-state index is 6.01. The fourth-order valence-corrected chi connectivity index (χ4v) is 2.18. The van der Waals surface area contributed by atoms with Crippen LogP contribution in [0.5, 0.6) is 0 Å². The third-order valence-electron chi connectivity index (χ3n) is 3.00. The van der Waals surface area contributed by atoms with Gasteiger partial charge in [-0.1, -0.05) is 49.5 Å². The Morgan fingerprint density at radius 3 is 2.47 bits per heavy atom. The lowest BCUT2D eigenvalue weighted by atomic mass is 10.0. The molecular weight excluding hydrogens is 253 g/mol. The van der Waals surface area contributed by atoms with E-state index in [2.05, 4.69) is 26.1 Å². The number of rotatable bonds is 6. The van der Waals surface area contributed by atoms with Gasteiger partial charge in [0.1, 0.15) is 0 Å². The van der Waals surface area contributed by atoms with Crippen LogP contribution in [0, 0.1) is 5.92 Å². The van der Waals surface area contributed by atoms with E-state index in [9.17, 15) is 0 Å². The molecule has 1 rings (SSSR count). The van der Waals surface area contributed by atoms with Crippen LogP contribution in [0.4, 0.5) is 0 Å². The van der Waals surface area contributed by atoms with Crippen LogP contribution in [0.15, 0.2) is 18.2 Å². The number of halogens is 2. The highest BCUT2D eigenvalue weighted by atomic mass is 35.5. The topological polar surface area (TPSA) is 12.0 Å². The Hall–Kier alpha value is -0.240. The summed E-state index contributed by atoms with van der Waals surface area (Å²) < 4.78 is 0. The highest BCUT2D eigenvalue weighted by Crippen LogP contribution is 2.25. The van der Waals surface area contributed by atoms with Gasteiger partial charge in [0.25, 0.3) is 0 Å². The molecule has 1 N–H and O–H groups in total. The Bertz CT molecular complexity index is 352. The first kappa shape index (κ1) is 14.8.